The number of rotatable bonds is 10. The predicted octanol–water partition coefficient (Wildman–Crippen LogP) is 2.78. The lowest BCUT2D eigenvalue weighted by atomic mass is 10.2. The largest absolute Gasteiger partial charge is 0.493 e. The summed E-state index contributed by atoms with van der Waals surface area (Å²) in [7, 11) is 1.58. The first-order chi connectivity index (χ1) is 10.6. The molecular weight excluding hydrogens is 282 g/mol. The molecule has 0 unspecified atom stereocenters. The van der Waals surface area contributed by atoms with Crippen molar-refractivity contribution in [1.29, 1.82) is 0 Å². The van der Waals surface area contributed by atoms with Crippen LogP contribution in [0, 0.1) is 0 Å². The number of hydrogen-bond donors (Lipinski definition) is 1. The number of methoxy groups -OCH3 is 1. The molecule has 0 heterocycles. The number of carbonyl (C=O) groups excluding carboxylic acids is 1. The maximum atomic E-state index is 12.2. The van der Waals surface area contributed by atoms with Crippen LogP contribution in [0.15, 0.2) is 24.3 Å². The smallest absolute Gasteiger partial charge is 0.261 e. The molecule has 1 N–H and O–H groups in total. The second-order valence-corrected chi connectivity index (χ2v) is 5.23. The molecule has 1 aromatic rings. The van der Waals surface area contributed by atoms with E-state index in [4.69, 9.17) is 14.2 Å². The Hall–Kier alpha value is -1.75. The third-order valence-electron chi connectivity index (χ3n) is 3.07. The van der Waals surface area contributed by atoms with Crippen LogP contribution in [0.4, 0.5) is 0 Å². The van der Waals surface area contributed by atoms with Gasteiger partial charge in [0.05, 0.1) is 13.2 Å². The van der Waals surface area contributed by atoms with Crippen molar-refractivity contribution in [3.8, 4) is 11.5 Å². The van der Waals surface area contributed by atoms with Gasteiger partial charge in [-0.15, -0.1) is 0 Å². The number of amides is 1. The van der Waals surface area contributed by atoms with E-state index in [2.05, 4.69) is 5.32 Å². The predicted molar refractivity (Wildman–Crippen MR) is 86.4 cm³/mol. The molecule has 0 aliphatic rings. The molecule has 1 amide bonds. The fourth-order valence-electron chi connectivity index (χ4n) is 1.91. The van der Waals surface area contributed by atoms with E-state index in [9.17, 15) is 4.79 Å². The van der Waals surface area contributed by atoms with Gasteiger partial charge in [-0.1, -0.05) is 19.1 Å². The van der Waals surface area contributed by atoms with Crippen LogP contribution in [0.5, 0.6) is 11.5 Å². The van der Waals surface area contributed by atoms with Gasteiger partial charge in [0.2, 0.25) is 0 Å². The molecule has 0 radical (unpaired) electrons. The van der Waals surface area contributed by atoms with Crippen molar-refractivity contribution in [3.63, 3.8) is 0 Å². The molecule has 0 spiro atoms. The molecular formula is C17H27NO4. The van der Waals surface area contributed by atoms with Crippen LogP contribution in [0.1, 0.15) is 33.6 Å². The molecule has 0 aliphatic carbocycles. The summed E-state index contributed by atoms with van der Waals surface area (Å²) >= 11 is 0. The molecule has 1 rings (SSSR count). The van der Waals surface area contributed by atoms with Gasteiger partial charge in [0.25, 0.3) is 5.91 Å². The van der Waals surface area contributed by atoms with E-state index in [1.807, 2.05) is 39.0 Å². The summed E-state index contributed by atoms with van der Waals surface area (Å²) in [4.78, 5) is 12.2. The highest BCUT2D eigenvalue weighted by Gasteiger charge is 2.19. The summed E-state index contributed by atoms with van der Waals surface area (Å²) in [5.41, 5.74) is 0. The molecule has 0 saturated heterocycles. The first-order valence-corrected chi connectivity index (χ1v) is 7.77. The van der Waals surface area contributed by atoms with Crippen LogP contribution < -0.4 is 14.8 Å². The SMILES string of the molecule is CC[C@@H](Oc1ccccc1OC)C(=O)NCCCOC(C)C. The summed E-state index contributed by atoms with van der Waals surface area (Å²) < 4.78 is 16.4. The van der Waals surface area contributed by atoms with Crippen LogP contribution in [-0.4, -0.2) is 38.4 Å². The van der Waals surface area contributed by atoms with Crippen molar-refractivity contribution in [3.05, 3.63) is 24.3 Å². The normalized spacial score (nSPS) is 12.0. The second kappa shape index (κ2) is 10.1. The van der Waals surface area contributed by atoms with Crippen LogP contribution in [-0.2, 0) is 9.53 Å². The van der Waals surface area contributed by atoms with Gasteiger partial charge < -0.3 is 19.5 Å². The van der Waals surface area contributed by atoms with Crippen LogP contribution in [0.25, 0.3) is 0 Å². The monoisotopic (exact) mass is 309 g/mol. The quantitative estimate of drug-likeness (QED) is 0.675. The molecule has 5 nitrogen and oxygen atoms in total. The minimum absolute atomic E-state index is 0.113. The Balaban J connectivity index is 2.44. The van der Waals surface area contributed by atoms with E-state index in [0.717, 1.165) is 6.42 Å². The topological polar surface area (TPSA) is 56.8 Å². The number of hydrogen-bond acceptors (Lipinski definition) is 4. The summed E-state index contributed by atoms with van der Waals surface area (Å²) in [5.74, 6) is 1.09. The molecule has 22 heavy (non-hydrogen) atoms. The van der Waals surface area contributed by atoms with E-state index in [1.54, 1.807) is 13.2 Å². The fraction of sp³-hybridized carbons (Fsp3) is 0.588. The molecule has 0 fully saturated rings. The van der Waals surface area contributed by atoms with E-state index in [0.29, 0.717) is 31.1 Å². The summed E-state index contributed by atoms with van der Waals surface area (Å²) in [6.45, 7) is 7.13. The Morgan fingerprint density at radius 3 is 2.50 bits per heavy atom. The number of para-hydroxylation sites is 2. The lowest BCUT2D eigenvalue weighted by Crippen LogP contribution is -2.38. The average Bonchev–Trinajstić information content (AvgIpc) is 2.52. The number of benzene rings is 1. The Bertz CT molecular complexity index is 448. The Morgan fingerprint density at radius 1 is 1.23 bits per heavy atom. The van der Waals surface area contributed by atoms with Crippen molar-refractivity contribution < 1.29 is 19.0 Å². The van der Waals surface area contributed by atoms with E-state index in [1.165, 1.54) is 0 Å². The van der Waals surface area contributed by atoms with E-state index in [-0.39, 0.29) is 12.0 Å². The van der Waals surface area contributed by atoms with Gasteiger partial charge >= 0.3 is 0 Å². The lowest BCUT2D eigenvalue weighted by Gasteiger charge is -2.19. The highest BCUT2D eigenvalue weighted by Crippen LogP contribution is 2.27. The van der Waals surface area contributed by atoms with Gasteiger partial charge in [-0.3, -0.25) is 4.79 Å². The molecule has 0 bridgehead atoms. The van der Waals surface area contributed by atoms with Gasteiger partial charge in [-0.2, -0.15) is 0 Å². The third-order valence-corrected chi connectivity index (χ3v) is 3.07. The molecule has 124 valence electrons. The van der Waals surface area contributed by atoms with Crippen molar-refractivity contribution in [2.45, 2.75) is 45.8 Å². The zero-order chi connectivity index (χ0) is 16.4. The Labute approximate surface area is 132 Å². The Morgan fingerprint density at radius 2 is 1.91 bits per heavy atom. The summed E-state index contributed by atoms with van der Waals surface area (Å²) in [5, 5.41) is 2.88. The van der Waals surface area contributed by atoms with E-state index < -0.39 is 6.10 Å². The Kier molecular flexibility index (Phi) is 8.36. The molecule has 5 heteroatoms. The molecule has 0 aliphatic heterocycles. The van der Waals surface area contributed by atoms with Gasteiger partial charge in [0.15, 0.2) is 17.6 Å². The van der Waals surface area contributed by atoms with Crippen molar-refractivity contribution >= 4 is 5.91 Å². The highest BCUT2D eigenvalue weighted by atomic mass is 16.5. The van der Waals surface area contributed by atoms with Crippen LogP contribution in [0.2, 0.25) is 0 Å². The van der Waals surface area contributed by atoms with Crippen LogP contribution >= 0.6 is 0 Å². The summed E-state index contributed by atoms with van der Waals surface area (Å²) in [6, 6.07) is 7.32. The molecule has 1 atom stereocenters. The van der Waals surface area contributed by atoms with Crippen LogP contribution in [0.3, 0.4) is 0 Å². The first-order valence-electron chi connectivity index (χ1n) is 7.77. The van der Waals surface area contributed by atoms with Gasteiger partial charge in [0.1, 0.15) is 0 Å². The van der Waals surface area contributed by atoms with Crippen molar-refractivity contribution in [2.75, 3.05) is 20.3 Å². The van der Waals surface area contributed by atoms with Crippen molar-refractivity contribution in [1.82, 2.24) is 5.32 Å². The lowest BCUT2D eigenvalue weighted by molar-refractivity contribution is -0.128. The summed E-state index contributed by atoms with van der Waals surface area (Å²) in [6.07, 6.45) is 1.07. The standard InChI is InChI=1S/C17H27NO4/c1-5-14(17(19)18-11-8-12-21-13(2)3)22-16-10-7-6-9-15(16)20-4/h6-7,9-10,13-14H,5,8,11-12H2,1-4H3,(H,18,19)/t14-/m1/s1. The molecule has 1 aromatic carbocycles. The maximum Gasteiger partial charge on any atom is 0.261 e. The number of carbonyl (C=O) groups is 1. The van der Waals surface area contributed by atoms with Crippen molar-refractivity contribution in [2.24, 2.45) is 0 Å². The van der Waals surface area contributed by atoms with Gasteiger partial charge in [0, 0.05) is 13.2 Å². The minimum atomic E-state index is -0.526. The maximum absolute atomic E-state index is 12.2. The zero-order valence-corrected chi connectivity index (χ0v) is 13.9. The highest BCUT2D eigenvalue weighted by molar-refractivity contribution is 5.81. The fourth-order valence-corrected chi connectivity index (χ4v) is 1.91. The molecule has 0 saturated carbocycles. The second-order valence-electron chi connectivity index (χ2n) is 5.23. The van der Waals surface area contributed by atoms with Gasteiger partial charge in [-0.25, -0.2) is 0 Å². The van der Waals surface area contributed by atoms with E-state index >= 15 is 0 Å². The minimum Gasteiger partial charge on any atom is -0.493 e. The number of ether oxygens (including phenoxy) is 3. The zero-order valence-electron chi connectivity index (χ0n) is 13.9. The molecule has 0 aromatic heterocycles. The van der Waals surface area contributed by atoms with Gasteiger partial charge in [-0.05, 0) is 38.8 Å². The average molecular weight is 309 g/mol. The number of nitrogens with one attached hydrogen (secondary N) is 1. The first kappa shape index (κ1) is 18.3. The third kappa shape index (κ3) is 6.35.